The van der Waals surface area contributed by atoms with E-state index in [0.717, 1.165) is 22.0 Å². The number of amides is 1. The van der Waals surface area contributed by atoms with Crippen LogP contribution in [-0.2, 0) is 0 Å². The third kappa shape index (κ3) is 1.51. The monoisotopic (exact) mass is 240 g/mol. The van der Waals surface area contributed by atoms with Crippen LogP contribution in [0, 0.1) is 0 Å². The maximum atomic E-state index is 12.4. The molecule has 1 N–H and O–H groups in total. The number of nitrogens with one attached hydrogen (secondary N) is 1. The smallest absolute Gasteiger partial charge is 0.259 e. The van der Waals surface area contributed by atoms with Crippen LogP contribution in [0.1, 0.15) is 17.3 Å². The van der Waals surface area contributed by atoms with E-state index in [0.29, 0.717) is 6.54 Å². The van der Waals surface area contributed by atoms with Gasteiger partial charge in [0.05, 0.1) is 5.69 Å². The number of likely N-dealkylation sites (N-methyl/N-ethyl adjacent to an activating group) is 1. The minimum Gasteiger partial charge on any atom is -0.315 e. The van der Waals surface area contributed by atoms with Gasteiger partial charge in [0.15, 0.2) is 0 Å². The van der Waals surface area contributed by atoms with Crippen LogP contribution in [0.3, 0.4) is 0 Å². The molecule has 0 radical (unpaired) electrons. The molecule has 0 aromatic heterocycles. The van der Waals surface area contributed by atoms with Crippen LogP contribution in [-0.4, -0.2) is 25.5 Å². The summed E-state index contributed by atoms with van der Waals surface area (Å²) in [6.45, 7) is 2.78. The molecule has 0 bridgehead atoms. The van der Waals surface area contributed by atoms with E-state index >= 15 is 0 Å². The highest BCUT2D eigenvalue weighted by molar-refractivity contribution is 6.25. The maximum absolute atomic E-state index is 12.4. The fourth-order valence-corrected chi connectivity index (χ4v) is 2.53. The van der Waals surface area contributed by atoms with Gasteiger partial charge in [0, 0.05) is 23.5 Å². The van der Waals surface area contributed by atoms with E-state index in [1.54, 1.807) is 0 Å². The Hall–Kier alpha value is -1.87. The van der Waals surface area contributed by atoms with Crippen molar-refractivity contribution in [3.63, 3.8) is 0 Å². The fourth-order valence-electron chi connectivity index (χ4n) is 2.53. The second-order valence-electron chi connectivity index (χ2n) is 4.79. The quantitative estimate of drug-likeness (QED) is 0.893. The van der Waals surface area contributed by atoms with Gasteiger partial charge < -0.3 is 10.2 Å². The summed E-state index contributed by atoms with van der Waals surface area (Å²) in [5.74, 6) is 0.115. The van der Waals surface area contributed by atoms with Crippen LogP contribution in [0.15, 0.2) is 36.4 Å². The second kappa shape index (κ2) is 4.10. The van der Waals surface area contributed by atoms with E-state index in [9.17, 15) is 4.79 Å². The van der Waals surface area contributed by atoms with Gasteiger partial charge in [0.1, 0.15) is 0 Å². The van der Waals surface area contributed by atoms with Gasteiger partial charge in [-0.25, -0.2) is 0 Å². The van der Waals surface area contributed by atoms with Crippen LogP contribution in [0.25, 0.3) is 10.8 Å². The van der Waals surface area contributed by atoms with Crippen molar-refractivity contribution in [2.24, 2.45) is 0 Å². The fraction of sp³-hybridized carbons (Fsp3) is 0.267. The third-order valence-electron chi connectivity index (χ3n) is 3.60. The Labute approximate surface area is 106 Å². The predicted molar refractivity (Wildman–Crippen MR) is 74.1 cm³/mol. The molecular weight excluding hydrogens is 224 g/mol. The molecule has 2 aromatic rings. The number of anilines is 1. The van der Waals surface area contributed by atoms with Crippen LogP contribution >= 0.6 is 0 Å². The molecule has 3 heteroatoms. The zero-order valence-electron chi connectivity index (χ0n) is 10.6. The molecule has 0 saturated carbocycles. The van der Waals surface area contributed by atoms with Gasteiger partial charge in [-0.1, -0.05) is 24.3 Å². The van der Waals surface area contributed by atoms with Gasteiger partial charge in [-0.15, -0.1) is 0 Å². The Balaban J connectivity index is 2.13. The first kappa shape index (κ1) is 11.2. The van der Waals surface area contributed by atoms with E-state index in [4.69, 9.17) is 0 Å². The Kier molecular flexibility index (Phi) is 2.56. The molecule has 0 aliphatic carbocycles. The Morgan fingerprint density at radius 2 is 1.94 bits per heavy atom. The number of hydrogen-bond donors (Lipinski definition) is 1. The van der Waals surface area contributed by atoms with Gasteiger partial charge in [0.2, 0.25) is 0 Å². The van der Waals surface area contributed by atoms with Crippen molar-refractivity contribution in [2.75, 3.05) is 18.5 Å². The Morgan fingerprint density at radius 3 is 2.67 bits per heavy atom. The highest BCUT2D eigenvalue weighted by Gasteiger charge is 2.29. The summed E-state index contributed by atoms with van der Waals surface area (Å²) < 4.78 is 0. The number of carbonyl (C=O) groups excluding carboxylic acids is 1. The minimum absolute atomic E-state index is 0.115. The molecule has 1 atom stereocenters. The molecular formula is C15H16N2O. The van der Waals surface area contributed by atoms with Crippen molar-refractivity contribution < 1.29 is 4.79 Å². The van der Waals surface area contributed by atoms with E-state index in [2.05, 4.69) is 24.4 Å². The normalized spacial score (nSPS) is 15.4. The predicted octanol–water partition coefficient (Wildman–Crippen LogP) is 2.41. The van der Waals surface area contributed by atoms with Crippen molar-refractivity contribution in [1.82, 2.24) is 5.32 Å². The summed E-state index contributed by atoms with van der Waals surface area (Å²) in [5.41, 5.74) is 1.86. The highest BCUT2D eigenvalue weighted by atomic mass is 16.2. The second-order valence-corrected chi connectivity index (χ2v) is 4.79. The van der Waals surface area contributed by atoms with Crippen molar-refractivity contribution in [2.45, 2.75) is 13.0 Å². The third-order valence-corrected chi connectivity index (χ3v) is 3.60. The van der Waals surface area contributed by atoms with Gasteiger partial charge in [0.25, 0.3) is 5.91 Å². The largest absolute Gasteiger partial charge is 0.315 e. The number of nitrogens with zero attached hydrogens (tertiary/aromatic N) is 1. The standard InChI is InChI=1S/C15H16N2O/c1-10(16-2)9-17-13-8-4-6-11-5-3-7-12(14(11)13)15(17)18/h3-8,10,16H,9H2,1-2H3. The van der Waals surface area contributed by atoms with Crippen molar-refractivity contribution >= 4 is 22.4 Å². The zero-order chi connectivity index (χ0) is 12.7. The number of carbonyl (C=O) groups is 1. The van der Waals surface area contributed by atoms with E-state index in [-0.39, 0.29) is 11.9 Å². The molecule has 1 aliphatic heterocycles. The molecule has 0 saturated heterocycles. The number of benzene rings is 2. The van der Waals surface area contributed by atoms with E-state index in [1.807, 2.05) is 36.2 Å². The molecule has 0 spiro atoms. The van der Waals surface area contributed by atoms with Crippen molar-refractivity contribution in [3.8, 4) is 0 Å². The molecule has 3 nitrogen and oxygen atoms in total. The lowest BCUT2D eigenvalue weighted by Crippen LogP contribution is -2.39. The van der Waals surface area contributed by atoms with Gasteiger partial charge in [-0.2, -0.15) is 0 Å². The lowest BCUT2D eigenvalue weighted by molar-refractivity contribution is 0.0991. The minimum atomic E-state index is 0.115. The number of hydrogen-bond acceptors (Lipinski definition) is 2. The first-order chi connectivity index (χ1) is 8.72. The summed E-state index contributed by atoms with van der Waals surface area (Å²) >= 11 is 0. The SMILES string of the molecule is CNC(C)CN1C(=O)c2cccc3cccc1c23. The molecule has 2 aromatic carbocycles. The van der Waals surface area contributed by atoms with Gasteiger partial charge in [-0.05, 0) is 31.5 Å². The summed E-state index contributed by atoms with van der Waals surface area (Å²) in [6.07, 6.45) is 0. The molecule has 1 heterocycles. The van der Waals surface area contributed by atoms with Crippen LogP contribution in [0.5, 0.6) is 0 Å². The molecule has 18 heavy (non-hydrogen) atoms. The van der Waals surface area contributed by atoms with E-state index < -0.39 is 0 Å². The lowest BCUT2D eigenvalue weighted by atomic mass is 10.1. The van der Waals surface area contributed by atoms with Gasteiger partial charge >= 0.3 is 0 Å². The van der Waals surface area contributed by atoms with E-state index in [1.165, 1.54) is 0 Å². The van der Waals surface area contributed by atoms with Crippen LogP contribution < -0.4 is 10.2 Å². The Morgan fingerprint density at radius 1 is 1.22 bits per heavy atom. The zero-order valence-corrected chi connectivity index (χ0v) is 10.6. The lowest BCUT2D eigenvalue weighted by Gasteiger charge is -2.21. The average Bonchev–Trinajstić information content (AvgIpc) is 2.67. The molecule has 92 valence electrons. The van der Waals surface area contributed by atoms with Gasteiger partial charge in [-0.3, -0.25) is 4.79 Å². The van der Waals surface area contributed by atoms with Crippen LogP contribution in [0.2, 0.25) is 0 Å². The highest BCUT2D eigenvalue weighted by Crippen LogP contribution is 2.36. The first-order valence-corrected chi connectivity index (χ1v) is 6.23. The van der Waals surface area contributed by atoms with Crippen molar-refractivity contribution in [1.29, 1.82) is 0 Å². The molecule has 1 aliphatic rings. The summed E-state index contributed by atoms with van der Waals surface area (Å²) in [6, 6.07) is 12.3. The molecule has 0 fully saturated rings. The first-order valence-electron chi connectivity index (χ1n) is 6.23. The maximum Gasteiger partial charge on any atom is 0.259 e. The molecule has 3 rings (SSSR count). The summed E-state index contributed by atoms with van der Waals surface area (Å²) in [4.78, 5) is 14.3. The summed E-state index contributed by atoms with van der Waals surface area (Å²) in [7, 11) is 1.92. The average molecular weight is 240 g/mol. The summed E-state index contributed by atoms with van der Waals surface area (Å²) in [5, 5.41) is 5.41. The molecule has 1 amide bonds. The number of rotatable bonds is 3. The Bertz CT molecular complexity index is 616. The topological polar surface area (TPSA) is 32.3 Å². The van der Waals surface area contributed by atoms with Crippen LogP contribution in [0.4, 0.5) is 5.69 Å². The van der Waals surface area contributed by atoms with Crippen molar-refractivity contribution in [3.05, 3.63) is 42.0 Å². The molecule has 1 unspecified atom stereocenters.